The lowest BCUT2D eigenvalue weighted by Crippen LogP contribution is -2.40. The summed E-state index contributed by atoms with van der Waals surface area (Å²) in [6.07, 6.45) is 7.91. The Bertz CT molecular complexity index is 198. The van der Waals surface area contributed by atoms with Crippen LogP contribution in [0.4, 0.5) is 0 Å². The molecule has 0 rings (SSSR count). The molecule has 0 spiro atoms. The molecule has 0 aromatic rings. The number of unbranched alkanes of at least 4 members (excludes halogenated alkanes) is 3. The van der Waals surface area contributed by atoms with Gasteiger partial charge in [-0.25, -0.2) is 0 Å². The van der Waals surface area contributed by atoms with Crippen molar-refractivity contribution in [1.82, 2.24) is 5.32 Å². The van der Waals surface area contributed by atoms with Gasteiger partial charge in [-0.3, -0.25) is 4.79 Å². The van der Waals surface area contributed by atoms with Gasteiger partial charge in [0.25, 0.3) is 0 Å². The first-order chi connectivity index (χ1) is 8.07. The summed E-state index contributed by atoms with van der Waals surface area (Å²) in [5, 5.41) is 2.90. The predicted molar refractivity (Wildman–Crippen MR) is 81.1 cm³/mol. The SMILES string of the molecule is CCCC(N)C(=O)NCCCCCCC(C)C.Cl. The van der Waals surface area contributed by atoms with Crippen molar-refractivity contribution in [2.24, 2.45) is 11.7 Å². The van der Waals surface area contributed by atoms with Crippen LogP contribution in [-0.2, 0) is 4.79 Å². The molecule has 3 nitrogen and oxygen atoms in total. The van der Waals surface area contributed by atoms with Crippen LogP contribution in [0.5, 0.6) is 0 Å². The van der Waals surface area contributed by atoms with Crippen molar-refractivity contribution in [3.05, 3.63) is 0 Å². The molecule has 0 aromatic carbocycles. The molecule has 0 fully saturated rings. The van der Waals surface area contributed by atoms with Crippen LogP contribution in [0.3, 0.4) is 0 Å². The van der Waals surface area contributed by atoms with Crippen LogP contribution in [0.1, 0.15) is 65.7 Å². The van der Waals surface area contributed by atoms with Crippen molar-refractivity contribution in [3.63, 3.8) is 0 Å². The summed E-state index contributed by atoms with van der Waals surface area (Å²) in [5.41, 5.74) is 5.71. The summed E-state index contributed by atoms with van der Waals surface area (Å²) in [6.45, 7) is 7.34. The Morgan fingerprint density at radius 3 is 2.28 bits per heavy atom. The van der Waals surface area contributed by atoms with Gasteiger partial charge in [0.05, 0.1) is 6.04 Å². The molecule has 0 aliphatic rings. The first-order valence-electron chi connectivity index (χ1n) is 7.11. The third-order valence-corrected chi connectivity index (χ3v) is 2.94. The van der Waals surface area contributed by atoms with Crippen molar-refractivity contribution in [3.8, 4) is 0 Å². The highest BCUT2D eigenvalue weighted by Gasteiger charge is 2.10. The van der Waals surface area contributed by atoms with E-state index in [2.05, 4.69) is 19.2 Å². The molecule has 18 heavy (non-hydrogen) atoms. The lowest BCUT2D eigenvalue weighted by atomic mass is 10.0. The Morgan fingerprint density at radius 1 is 1.11 bits per heavy atom. The number of rotatable bonds is 10. The number of carbonyl (C=O) groups excluding carboxylic acids is 1. The zero-order valence-electron chi connectivity index (χ0n) is 12.2. The smallest absolute Gasteiger partial charge is 0.236 e. The molecule has 110 valence electrons. The molecule has 0 radical (unpaired) electrons. The van der Waals surface area contributed by atoms with Crippen LogP contribution >= 0.6 is 12.4 Å². The molecule has 1 unspecified atom stereocenters. The maximum Gasteiger partial charge on any atom is 0.236 e. The highest BCUT2D eigenvalue weighted by atomic mass is 35.5. The fourth-order valence-electron chi connectivity index (χ4n) is 1.82. The Balaban J connectivity index is 0. The van der Waals surface area contributed by atoms with Crippen molar-refractivity contribution in [2.45, 2.75) is 71.8 Å². The number of nitrogens with one attached hydrogen (secondary N) is 1. The predicted octanol–water partition coefficient (Wildman–Crippen LogP) is 3.26. The number of nitrogens with two attached hydrogens (primary N) is 1. The van der Waals surface area contributed by atoms with Gasteiger partial charge in [0.1, 0.15) is 0 Å². The Labute approximate surface area is 119 Å². The maximum atomic E-state index is 11.5. The van der Waals surface area contributed by atoms with Crippen LogP contribution < -0.4 is 11.1 Å². The van der Waals surface area contributed by atoms with Crippen molar-refractivity contribution in [2.75, 3.05) is 6.54 Å². The van der Waals surface area contributed by atoms with Gasteiger partial charge in [-0.15, -0.1) is 12.4 Å². The molecular formula is C14H31ClN2O. The van der Waals surface area contributed by atoms with Crippen LogP contribution in [0.15, 0.2) is 0 Å². The van der Waals surface area contributed by atoms with Crippen molar-refractivity contribution >= 4 is 18.3 Å². The van der Waals surface area contributed by atoms with E-state index < -0.39 is 0 Å². The van der Waals surface area contributed by atoms with Crippen LogP contribution in [0, 0.1) is 5.92 Å². The molecule has 0 bridgehead atoms. The topological polar surface area (TPSA) is 55.1 Å². The average Bonchev–Trinajstić information content (AvgIpc) is 2.27. The largest absolute Gasteiger partial charge is 0.355 e. The van der Waals surface area contributed by atoms with E-state index >= 15 is 0 Å². The summed E-state index contributed by atoms with van der Waals surface area (Å²) in [4.78, 5) is 11.5. The van der Waals surface area contributed by atoms with Crippen molar-refractivity contribution < 1.29 is 4.79 Å². The zero-order valence-corrected chi connectivity index (χ0v) is 13.0. The first kappa shape index (κ1) is 20.0. The summed E-state index contributed by atoms with van der Waals surface area (Å²) in [7, 11) is 0. The van der Waals surface area contributed by atoms with E-state index in [0.29, 0.717) is 0 Å². The number of carbonyl (C=O) groups is 1. The number of amides is 1. The van der Waals surface area contributed by atoms with E-state index in [1.807, 2.05) is 6.92 Å². The molecule has 1 atom stereocenters. The molecule has 0 aliphatic heterocycles. The molecule has 0 heterocycles. The summed E-state index contributed by atoms with van der Waals surface area (Å²) >= 11 is 0. The average molecular weight is 279 g/mol. The normalized spacial score (nSPS) is 12.1. The summed E-state index contributed by atoms with van der Waals surface area (Å²) < 4.78 is 0. The highest BCUT2D eigenvalue weighted by molar-refractivity contribution is 5.85. The van der Waals surface area contributed by atoms with Gasteiger partial charge in [0.15, 0.2) is 0 Å². The van der Waals surface area contributed by atoms with Gasteiger partial charge in [0.2, 0.25) is 5.91 Å². The molecule has 0 saturated carbocycles. The maximum absolute atomic E-state index is 11.5. The van der Waals surface area contributed by atoms with E-state index in [-0.39, 0.29) is 24.4 Å². The molecule has 0 aliphatic carbocycles. The van der Waals surface area contributed by atoms with Gasteiger partial charge in [-0.2, -0.15) is 0 Å². The van der Waals surface area contributed by atoms with Gasteiger partial charge < -0.3 is 11.1 Å². The van der Waals surface area contributed by atoms with Crippen LogP contribution in [0.25, 0.3) is 0 Å². The van der Waals surface area contributed by atoms with Gasteiger partial charge in [0, 0.05) is 6.54 Å². The molecule has 0 aromatic heterocycles. The second-order valence-corrected chi connectivity index (χ2v) is 5.28. The molecule has 4 heteroatoms. The van der Waals surface area contributed by atoms with Gasteiger partial charge in [-0.05, 0) is 18.8 Å². The number of halogens is 1. The van der Waals surface area contributed by atoms with E-state index in [4.69, 9.17) is 5.73 Å². The van der Waals surface area contributed by atoms with E-state index in [9.17, 15) is 4.79 Å². The molecule has 0 saturated heterocycles. The third kappa shape index (κ3) is 12.2. The Hall–Kier alpha value is -0.280. The lowest BCUT2D eigenvalue weighted by molar-refractivity contribution is -0.122. The van der Waals surface area contributed by atoms with E-state index in [1.165, 1.54) is 25.7 Å². The zero-order chi connectivity index (χ0) is 13.1. The van der Waals surface area contributed by atoms with E-state index in [1.54, 1.807) is 0 Å². The molecular weight excluding hydrogens is 248 g/mol. The minimum absolute atomic E-state index is 0. The summed E-state index contributed by atoms with van der Waals surface area (Å²) in [6, 6.07) is -0.319. The van der Waals surface area contributed by atoms with Gasteiger partial charge in [-0.1, -0.05) is 52.9 Å². The van der Waals surface area contributed by atoms with E-state index in [0.717, 1.165) is 31.7 Å². The Kier molecular flexibility index (Phi) is 14.7. The minimum atomic E-state index is -0.319. The first-order valence-corrected chi connectivity index (χ1v) is 7.11. The standard InChI is InChI=1S/C14H30N2O.ClH/c1-4-9-13(15)14(17)16-11-8-6-5-7-10-12(2)3;/h12-13H,4-11,15H2,1-3H3,(H,16,17);1H. The van der Waals surface area contributed by atoms with Crippen LogP contribution in [-0.4, -0.2) is 18.5 Å². The van der Waals surface area contributed by atoms with Gasteiger partial charge >= 0.3 is 0 Å². The second-order valence-electron chi connectivity index (χ2n) is 5.28. The second kappa shape index (κ2) is 13.2. The summed E-state index contributed by atoms with van der Waals surface area (Å²) in [5.74, 6) is 0.816. The number of hydrogen-bond acceptors (Lipinski definition) is 2. The van der Waals surface area contributed by atoms with Crippen LogP contribution in [0.2, 0.25) is 0 Å². The Morgan fingerprint density at radius 2 is 1.72 bits per heavy atom. The third-order valence-electron chi connectivity index (χ3n) is 2.94. The molecule has 3 N–H and O–H groups in total. The highest BCUT2D eigenvalue weighted by Crippen LogP contribution is 2.08. The fourth-order valence-corrected chi connectivity index (χ4v) is 1.82. The lowest BCUT2D eigenvalue weighted by Gasteiger charge is -2.11. The minimum Gasteiger partial charge on any atom is -0.355 e. The van der Waals surface area contributed by atoms with Crippen molar-refractivity contribution in [1.29, 1.82) is 0 Å². The monoisotopic (exact) mass is 278 g/mol. The number of hydrogen-bond donors (Lipinski definition) is 2. The molecule has 1 amide bonds. The quantitative estimate of drug-likeness (QED) is 0.603. The fraction of sp³-hybridized carbons (Fsp3) is 0.929.